The van der Waals surface area contributed by atoms with E-state index in [-0.39, 0.29) is 10.9 Å². The minimum absolute atomic E-state index is 0.0694. The third-order valence-corrected chi connectivity index (χ3v) is 5.96. The molecule has 0 fully saturated rings. The van der Waals surface area contributed by atoms with Crippen molar-refractivity contribution in [1.82, 2.24) is 14.9 Å². The summed E-state index contributed by atoms with van der Waals surface area (Å²) in [5.41, 5.74) is 2.61. The van der Waals surface area contributed by atoms with Gasteiger partial charge in [0, 0.05) is 20.2 Å². The molecule has 0 saturated carbocycles. The molecule has 0 aliphatic carbocycles. The largest absolute Gasteiger partial charge is 0.468 e. The molecule has 0 aliphatic rings. The van der Waals surface area contributed by atoms with Gasteiger partial charge < -0.3 is 19.0 Å². The summed E-state index contributed by atoms with van der Waals surface area (Å²) >= 11 is 0. The molecule has 0 aliphatic heterocycles. The van der Waals surface area contributed by atoms with Crippen LogP contribution in [0.3, 0.4) is 0 Å². The van der Waals surface area contributed by atoms with Gasteiger partial charge in [-0.05, 0) is 24.6 Å². The highest BCUT2D eigenvalue weighted by Gasteiger charge is 2.23. The van der Waals surface area contributed by atoms with Gasteiger partial charge in [0.1, 0.15) is 5.76 Å². The molecule has 0 saturated heterocycles. The predicted molar refractivity (Wildman–Crippen MR) is 105 cm³/mol. The Labute approximate surface area is 165 Å². The highest BCUT2D eigenvalue weighted by molar-refractivity contribution is 7.90. The van der Waals surface area contributed by atoms with E-state index in [0.29, 0.717) is 26.2 Å². The molecule has 0 atom stereocenters. The van der Waals surface area contributed by atoms with Gasteiger partial charge in [-0.25, -0.2) is 13.4 Å². The fraction of sp³-hybridized carbons (Fsp3) is 0.350. The van der Waals surface area contributed by atoms with E-state index in [1.165, 1.54) is 0 Å². The lowest BCUT2D eigenvalue weighted by atomic mass is 10.2. The first-order valence-corrected chi connectivity index (χ1v) is 10.7. The molecule has 150 valence electrons. The van der Waals surface area contributed by atoms with Crippen molar-refractivity contribution >= 4 is 9.84 Å². The number of hydrogen-bond acceptors (Lipinski definition) is 6. The smallest absolute Gasteiger partial charge is 0.228 e. The Morgan fingerprint density at radius 2 is 1.96 bits per heavy atom. The fourth-order valence-electron chi connectivity index (χ4n) is 2.90. The average Bonchev–Trinajstić information content (AvgIpc) is 3.32. The van der Waals surface area contributed by atoms with Gasteiger partial charge in [0.2, 0.25) is 15.0 Å². The van der Waals surface area contributed by atoms with E-state index >= 15 is 0 Å². The van der Waals surface area contributed by atoms with Gasteiger partial charge >= 0.3 is 0 Å². The summed E-state index contributed by atoms with van der Waals surface area (Å²) in [6.07, 6.45) is 3.22. The van der Waals surface area contributed by atoms with Crippen LogP contribution in [0.1, 0.15) is 22.6 Å². The zero-order chi connectivity index (χ0) is 20.0. The number of furan rings is 1. The second kappa shape index (κ2) is 9.18. The molecule has 1 N–H and O–H groups in total. The number of aromatic nitrogens is 2. The minimum atomic E-state index is -3.58. The van der Waals surface area contributed by atoms with Crippen LogP contribution in [-0.2, 0) is 40.0 Å². The molecule has 1 aromatic carbocycles. The van der Waals surface area contributed by atoms with Crippen LogP contribution >= 0.6 is 0 Å². The number of nitrogens with zero attached hydrogens (tertiary/aromatic N) is 2. The van der Waals surface area contributed by atoms with E-state index in [4.69, 9.17) is 9.15 Å². The van der Waals surface area contributed by atoms with Crippen LogP contribution in [0.2, 0.25) is 0 Å². The Kier molecular flexibility index (Phi) is 6.66. The Morgan fingerprint density at radius 1 is 1.18 bits per heavy atom. The maximum atomic E-state index is 13.0. The van der Waals surface area contributed by atoms with Crippen LogP contribution in [0.25, 0.3) is 0 Å². The molecule has 2 aromatic heterocycles. The molecule has 8 heteroatoms. The highest BCUT2D eigenvalue weighted by atomic mass is 32.2. The molecule has 7 nitrogen and oxygen atoms in total. The van der Waals surface area contributed by atoms with Crippen LogP contribution in [0, 0.1) is 6.92 Å². The standard InChI is InChI=1S/C20H25N3O4S/c1-16-5-7-17(8-6-16)15-28(24,25)20-22-13-18(23(20)9-11-26-2)12-21-14-19-4-3-10-27-19/h3-8,10,13,21H,9,11-12,14-15H2,1-2H3. The van der Waals surface area contributed by atoms with Gasteiger partial charge in [-0.1, -0.05) is 29.8 Å². The summed E-state index contributed by atoms with van der Waals surface area (Å²) in [6, 6.07) is 11.2. The van der Waals surface area contributed by atoms with E-state index in [1.54, 1.807) is 24.1 Å². The molecule has 0 unspecified atom stereocenters. The Morgan fingerprint density at radius 3 is 2.64 bits per heavy atom. The molecule has 3 rings (SSSR count). The number of hydrogen-bond donors (Lipinski definition) is 1. The van der Waals surface area contributed by atoms with E-state index in [9.17, 15) is 8.42 Å². The van der Waals surface area contributed by atoms with Crippen molar-refractivity contribution in [3.63, 3.8) is 0 Å². The fourth-order valence-corrected chi connectivity index (χ4v) is 4.42. The molecule has 0 bridgehead atoms. The average molecular weight is 404 g/mol. The number of methoxy groups -OCH3 is 1. The normalized spacial score (nSPS) is 11.8. The van der Waals surface area contributed by atoms with Crippen molar-refractivity contribution < 1.29 is 17.6 Å². The van der Waals surface area contributed by atoms with Crippen LogP contribution < -0.4 is 5.32 Å². The summed E-state index contributed by atoms with van der Waals surface area (Å²) in [4.78, 5) is 4.23. The Hall–Kier alpha value is -2.42. The number of aryl methyl sites for hydroxylation is 1. The number of benzene rings is 1. The lowest BCUT2D eigenvalue weighted by Gasteiger charge is -2.12. The summed E-state index contributed by atoms with van der Waals surface area (Å²) in [5.74, 6) is 0.728. The molecule has 0 spiro atoms. The zero-order valence-corrected chi connectivity index (χ0v) is 16.9. The number of ether oxygens (including phenoxy) is 1. The lowest BCUT2D eigenvalue weighted by molar-refractivity contribution is 0.183. The number of imidazole rings is 1. The lowest BCUT2D eigenvalue weighted by Crippen LogP contribution is -2.20. The summed E-state index contributed by atoms with van der Waals surface area (Å²) in [5, 5.41) is 3.32. The van der Waals surface area contributed by atoms with Gasteiger partial charge in [-0.15, -0.1) is 0 Å². The van der Waals surface area contributed by atoms with Gasteiger partial charge in [-0.2, -0.15) is 0 Å². The van der Waals surface area contributed by atoms with E-state index < -0.39 is 9.84 Å². The third-order valence-electron chi connectivity index (χ3n) is 4.36. The minimum Gasteiger partial charge on any atom is -0.468 e. The van der Waals surface area contributed by atoms with Gasteiger partial charge in [0.05, 0.1) is 37.1 Å². The number of rotatable bonds is 10. The van der Waals surface area contributed by atoms with Gasteiger partial charge in [-0.3, -0.25) is 0 Å². The Bertz CT molecular complexity index is 977. The van der Waals surface area contributed by atoms with E-state index in [1.807, 2.05) is 43.3 Å². The molecule has 28 heavy (non-hydrogen) atoms. The quantitative estimate of drug-likeness (QED) is 0.560. The van der Waals surface area contributed by atoms with Crippen LogP contribution in [-0.4, -0.2) is 31.7 Å². The summed E-state index contributed by atoms with van der Waals surface area (Å²) in [7, 11) is -2.00. The van der Waals surface area contributed by atoms with E-state index in [2.05, 4.69) is 10.3 Å². The molecular formula is C20H25N3O4S. The monoisotopic (exact) mass is 403 g/mol. The second-order valence-electron chi connectivity index (χ2n) is 6.60. The molecule has 3 aromatic rings. The SMILES string of the molecule is COCCn1c(CNCc2ccco2)cnc1S(=O)(=O)Cc1ccc(C)cc1. The molecule has 2 heterocycles. The van der Waals surface area contributed by atoms with Crippen molar-refractivity contribution in [2.75, 3.05) is 13.7 Å². The second-order valence-corrected chi connectivity index (χ2v) is 8.49. The van der Waals surface area contributed by atoms with Crippen molar-refractivity contribution in [1.29, 1.82) is 0 Å². The number of sulfone groups is 1. The first-order chi connectivity index (χ1) is 13.5. The summed E-state index contributed by atoms with van der Waals surface area (Å²) < 4.78 is 38.1. The van der Waals surface area contributed by atoms with Crippen molar-refractivity contribution in [3.8, 4) is 0 Å². The molecule has 0 amide bonds. The van der Waals surface area contributed by atoms with Gasteiger partial charge in [0.15, 0.2) is 0 Å². The van der Waals surface area contributed by atoms with Crippen LogP contribution in [0.5, 0.6) is 0 Å². The third kappa shape index (κ3) is 5.09. The van der Waals surface area contributed by atoms with Crippen molar-refractivity contribution in [2.45, 2.75) is 37.5 Å². The highest BCUT2D eigenvalue weighted by Crippen LogP contribution is 2.18. The van der Waals surface area contributed by atoms with Crippen molar-refractivity contribution in [2.24, 2.45) is 0 Å². The van der Waals surface area contributed by atoms with Crippen LogP contribution in [0.4, 0.5) is 0 Å². The first-order valence-electron chi connectivity index (χ1n) is 9.04. The Balaban J connectivity index is 1.78. The number of nitrogens with one attached hydrogen (secondary N) is 1. The predicted octanol–water partition coefficient (Wildman–Crippen LogP) is 2.69. The molecular weight excluding hydrogens is 378 g/mol. The summed E-state index contributed by atoms with van der Waals surface area (Å²) in [6.45, 7) is 3.80. The first kappa shape index (κ1) is 20.3. The van der Waals surface area contributed by atoms with Gasteiger partial charge in [0.25, 0.3) is 0 Å². The maximum Gasteiger partial charge on any atom is 0.228 e. The maximum absolute atomic E-state index is 13.0. The topological polar surface area (TPSA) is 86.4 Å². The van der Waals surface area contributed by atoms with Crippen molar-refractivity contribution in [3.05, 3.63) is 71.4 Å². The molecule has 0 radical (unpaired) electrons. The van der Waals surface area contributed by atoms with Crippen LogP contribution in [0.15, 0.2) is 58.4 Å². The van der Waals surface area contributed by atoms with E-state index in [0.717, 1.165) is 22.6 Å². The zero-order valence-electron chi connectivity index (χ0n) is 16.1.